The summed E-state index contributed by atoms with van der Waals surface area (Å²) in [5.41, 5.74) is 0.341. The smallest absolute Gasteiger partial charge is 0.257 e. The molecule has 0 radical (unpaired) electrons. The zero-order valence-corrected chi connectivity index (χ0v) is 17.5. The number of benzene rings is 2. The highest BCUT2D eigenvalue weighted by Crippen LogP contribution is 2.27. The molecule has 1 aliphatic rings. The number of halogens is 2. The average Bonchev–Trinajstić information content (AvgIpc) is 2.74. The molecule has 1 fully saturated rings. The third kappa shape index (κ3) is 4.31. The third-order valence-corrected chi connectivity index (χ3v) is 6.88. The number of rotatable bonds is 5. The molecular weight excluding hydrogens is 423 g/mol. The molecule has 0 N–H and O–H groups in total. The molecule has 0 saturated carbocycles. The van der Waals surface area contributed by atoms with Crippen LogP contribution in [0.25, 0.3) is 0 Å². The minimum absolute atomic E-state index is 0.0851. The summed E-state index contributed by atoms with van der Waals surface area (Å²) in [5, 5.41) is -0.259. The number of carbonyl (C=O) groups is 1. The summed E-state index contributed by atoms with van der Waals surface area (Å²) in [7, 11) is -0.868. The van der Waals surface area contributed by atoms with Crippen LogP contribution < -0.4 is 9.47 Å². The van der Waals surface area contributed by atoms with Gasteiger partial charge in [-0.3, -0.25) is 4.79 Å². The zero-order valence-electron chi connectivity index (χ0n) is 15.9. The predicted molar refractivity (Wildman–Crippen MR) is 106 cm³/mol. The first-order valence-corrected chi connectivity index (χ1v) is 10.6. The molecule has 0 unspecified atom stereocenters. The molecule has 2 aromatic rings. The van der Waals surface area contributed by atoms with E-state index in [2.05, 4.69) is 0 Å². The maximum atomic E-state index is 13.3. The van der Waals surface area contributed by atoms with Gasteiger partial charge in [-0.2, -0.15) is 4.31 Å². The van der Waals surface area contributed by atoms with E-state index in [0.717, 1.165) is 12.1 Å². The predicted octanol–water partition coefficient (Wildman–Crippen LogP) is 2.64. The van der Waals surface area contributed by atoms with Crippen LogP contribution in [0.2, 0.25) is 5.02 Å². The van der Waals surface area contributed by atoms with Crippen molar-refractivity contribution < 1.29 is 27.1 Å². The molecule has 0 aromatic heterocycles. The summed E-state index contributed by atoms with van der Waals surface area (Å²) >= 11 is 5.71. The van der Waals surface area contributed by atoms with Crippen LogP contribution in [0.4, 0.5) is 4.39 Å². The summed E-state index contributed by atoms with van der Waals surface area (Å²) in [5.74, 6) is -0.0359. The minimum atomic E-state index is -3.84. The number of nitrogens with zero attached hydrogens (tertiary/aromatic N) is 2. The number of hydrogen-bond acceptors (Lipinski definition) is 5. The largest absolute Gasteiger partial charge is 0.497 e. The van der Waals surface area contributed by atoms with Crippen molar-refractivity contribution in [3.8, 4) is 11.5 Å². The van der Waals surface area contributed by atoms with Gasteiger partial charge in [-0.15, -0.1) is 0 Å². The molecule has 1 heterocycles. The van der Waals surface area contributed by atoms with E-state index in [4.69, 9.17) is 21.1 Å². The van der Waals surface area contributed by atoms with Crippen molar-refractivity contribution in [1.82, 2.24) is 9.21 Å². The first-order chi connectivity index (χ1) is 13.8. The Morgan fingerprint density at radius 3 is 2.31 bits per heavy atom. The molecule has 0 atom stereocenters. The van der Waals surface area contributed by atoms with Gasteiger partial charge in [0.25, 0.3) is 5.91 Å². The van der Waals surface area contributed by atoms with E-state index in [1.165, 1.54) is 24.6 Å². The maximum absolute atomic E-state index is 13.3. The Morgan fingerprint density at radius 2 is 1.72 bits per heavy atom. The van der Waals surface area contributed by atoms with Crippen LogP contribution in [0.15, 0.2) is 41.3 Å². The molecule has 7 nitrogen and oxygen atoms in total. The molecule has 1 amide bonds. The summed E-state index contributed by atoms with van der Waals surface area (Å²) in [6.45, 7) is 0.616. The molecule has 0 bridgehead atoms. The number of sulfonamides is 1. The van der Waals surface area contributed by atoms with Crippen molar-refractivity contribution in [3.63, 3.8) is 0 Å². The van der Waals surface area contributed by atoms with Gasteiger partial charge in [-0.05, 0) is 36.4 Å². The van der Waals surface area contributed by atoms with Gasteiger partial charge in [0.2, 0.25) is 10.0 Å². The van der Waals surface area contributed by atoms with E-state index in [0.29, 0.717) is 17.1 Å². The SMILES string of the molecule is COc1ccc(OC)c(C(=O)N2CCN(S(=O)(=O)c3ccc(F)c(Cl)c3)CC2)c1. The number of amides is 1. The molecule has 2 aromatic carbocycles. The summed E-state index contributed by atoms with van der Waals surface area (Å²) in [6, 6.07) is 8.20. The Morgan fingerprint density at radius 1 is 1.03 bits per heavy atom. The van der Waals surface area contributed by atoms with Crippen LogP contribution in [0.5, 0.6) is 11.5 Å². The first kappa shape index (κ1) is 21.4. The van der Waals surface area contributed by atoms with E-state index in [-0.39, 0.29) is 42.0 Å². The molecule has 10 heteroatoms. The molecule has 3 rings (SSSR count). The van der Waals surface area contributed by atoms with Crippen LogP contribution in [-0.4, -0.2) is 63.9 Å². The number of piperazine rings is 1. The van der Waals surface area contributed by atoms with Gasteiger partial charge in [-0.1, -0.05) is 11.6 Å². The van der Waals surface area contributed by atoms with E-state index in [9.17, 15) is 17.6 Å². The second kappa shape index (κ2) is 8.56. The monoisotopic (exact) mass is 442 g/mol. The summed E-state index contributed by atoms with van der Waals surface area (Å²) in [4.78, 5) is 14.4. The summed E-state index contributed by atoms with van der Waals surface area (Å²) in [6.07, 6.45) is 0. The second-order valence-corrected chi connectivity index (χ2v) is 8.68. The first-order valence-electron chi connectivity index (χ1n) is 8.74. The fourth-order valence-corrected chi connectivity index (χ4v) is 4.76. The number of methoxy groups -OCH3 is 2. The highest BCUT2D eigenvalue weighted by atomic mass is 35.5. The van der Waals surface area contributed by atoms with Crippen LogP contribution in [0.1, 0.15) is 10.4 Å². The molecule has 0 spiro atoms. The van der Waals surface area contributed by atoms with Crippen LogP contribution in [-0.2, 0) is 10.0 Å². The number of ether oxygens (including phenoxy) is 2. The van der Waals surface area contributed by atoms with Crippen LogP contribution in [0.3, 0.4) is 0 Å². The minimum Gasteiger partial charge on any atom is -0.497 e. The van der Waals surface area contributed by atoms with Crippen molar-refractivity contribution in [2.24, 2.45) is 0 Å². The zero-order chi connectivity index (χ0) is 21.2. The molecule has 156 valence electrons. The van der Waals surface area contributed by atoms with Crippen molar-refractivity contribution >= 4 is 27.5 Å². The lowest BCUT2D eigenvalue weighted by molar-refractivity contribution is 0.0694. The van der Waals surface area contributed by atoms with Gasteiger partial charge in [0.15, 0.2) is 0 Å². The van der Waals surface area contributed by atoms with Crippen molar-refractivity contribution in [1.29, 1.82) is 0 Å². The van der Waals surface area contributed by atoms with Gasteiger partial charge >= 0.3 is 0 Å². The Labute approximate surface area is 173 Å². The Balaban J connectivity index is 1.75. The summed E-state index contributed by atoms with van der Waals surface area (Å²) < 4.78 is 50.6. The van der Waals surface area contributed by atoms with Gasteiger partial charge in [0, 0.05) is 26.2 Å². The van der Waals surface area contributed by atoms with Crippen molar-refractivity contribution in [2.45, 2.75) is 4.90 Å². The fourth-order valence-electron chi connectivity index (χ4n) is 3.07. The lowest BCUT2D eigenvalue weighted by Crippen LogP contribution is -2.50. The normalized spacial score (nSPS) is 15.2. The second-order valence-electron chi connectivity index (χ2n) is 6.34. The van der Waals surface area contributed by atoms with Crippen molar-refractivity contribution in [3.05, 3.63) is 52.8 Å². The van der Waals surface area contributed by atoms with E-state index in [1.54, 1.807) is 23.1 Å². The lowest BCUT2D eigenvalue weighted by atomic mass is 10.1. The van der Waals surface area contributed by atoms with Crippen LogP contribution in [0, 0.1) is 5.82 Å². The Hall–Kier alpha value is -2.36. The van der Waals surface area contributed by atoms with Gasteiger partial charge in [-0.25, -0.2) is 12.8 Å². The third-order valence-electron chi connectivity index (χ3n) is 4.69. The Kier molecular flexibility index (Phi) is 6.30. The molecular formula is C19H20ClFN2O5S. The van der Waals surface area contributed by atoms with E-state index >= 15 is 0 Å². The molecule has 1 saturated heterocycles. The van der Waals surface area contributed by atoms with Gasteiger partial charge in [0.05, 0.1) is 29.7 Å². The fraction of sp³-hybridized carbons (Fsp3) is 0.316. The standard InChI is InChI=1S/C19H20ClFN2O5S/c1-27-13-3-6-18(28-2)15(11-13)19(24)22-7-9-23(10-8-22)29(25,26)14-4-5-17(21)16(20)12-14/h3-6,11-12H,7-10H2,1-2H3. The van der Waals surface area contributed by atoms with Gasteiger partial charge in [0.1, 0.15) is 17.3 Å². The van der Waals surface area contributed by atoms with Crippen LogP contribution >= 0.6 is 11.6 Å². The average molecular weight is 443 g/mol. The van der Waals surface area contributed by atoms with Gasteiger partial charge < -0.3 is 14.4 Å². The Bertz CT molecular complexity index is 1020. The highest BCUT2D eigenvalue weighted by Gasteiger charge is 2.31. The quantitative estimate of drug-likeness (QED) is 0.711. The van der Waals surface area contributed by atoms with Crippen molar-refractivity contribution in [2.75, 3.05) is 40.4 Å². The maximum Gasteiger partial charge on any atom is 0.257 e. The number of hydrogen-bond donors (Lipinski definition) is 0. The van der Waals surface area contributed by atoms with E-state index < -0.39 is 15.8 Å². The topological polar surface area (TPSA) is 76.2 Å². The lowest BCUT2D eigenvalue weighted by Gasteiger charge is -2.34. The molecule has 29 heavy (non-hydrogen) atoms. The molecule has 1 aliphatic heterocycles. The number of carbonyl (C=O) groups excluding carboxylic acids is 1. The van der Waals surface area contributed by atoms with E-state index in [1.807, 2.05) is 0 Å². The molecule has 0 aliphatic carbocycles. The highest BCUT2D eigenvalue weighted by molar-refractivity contribution is 7.89.